The summed E-state index contributed by atoms with van der Waals surface area (Å²) in [5.41, 5.74) is 0.140. The minimum absolute atomic E-state index is 0.0595. The fourth-order valence-corrected chi connectivity index (χ4v) is 5.41. The zero-order valence-corrected chi connectivity index (χ0v) is 23.9. The number of ether oxygens (including phenoxy) is 1. The summed E-state index contributed by atoms with van der Waals surface area (Å²) in [6.45, 7) is 6.07. The zero-order valence-electron chi connectivity index (χ0n) is 23.9. The molecule has 10 nitrogen and oxygen atoms in total. The number of carbonyl (C=O) groups excluding carboxylic acids is 5. The van der Waals surface area contributed by atoms with E-state index in [1.807, 2.05) is 51.1 Å². The van der Waals surface area contributed by atoms with E-state index in [0.29, 0.717) is 25.7 Å². The SMILES string of the molecule is CC(C)(C)[C@H](NC(=O)OCc1ccccc1)C(=O)N[C@@H](CC1CCCCC1)C(=O)N[C@H](C=O)C[C@@H]1CCNC1=O. The predicted octanol–water partition coefficient (Wildman–Crippen LogP) is 2.99. The highest BCUT2D eigenvalue weighted by Crippen LogP contribution is 2.28. The molecule has 1 aliphatic heterocycles. The van der Waals surface area contributed by atoms with Crippen molar-refractivity contribution in [3.8, 4) is 0 Å². The highest BCUT2D eigenvalue weighted by Gasteiger charge is 2.37. The van der Waals surface area contributed by atoms with E-state index in [2.05, 4.69) is 21.3 Å². The molecule has 1 aromatic rings. The molecule has 2 fully saturated rings. The standard InChI is InChI=1S/C30H44N4O6/c1-30(2,3)25(34-29(39)40-19-21-12-8-5-9-13-21)28(38)33-24(16-20-10-6-4-7-11-20)27(37)32-23(18-35)17-22-14-15-31-26(22)36/h5,8-9,12-13,18,20,22-25H,4,6-7,10-11,14-17,19H2,1-3H3,(H,31,36)(H,32,37)(H,33,38)(H,34,39)/t22-,23-,24-,25+/m0/s1. The lowest BCUT2D eigenvalue weighted by atomic mass is 9.83. The molecule has 2 aliphatic rings. The number of rotatable bonds is 12. The van der Waals surface area contributed by atoms with Crippen molar-refractivity contribution in [2.45, 2.75) is 96.9 Å². The molecule has 0 aromatic heterocycles. The quantitative estimate of drug-likeness (QED) is 0.292. The number of aldehydes is 1. The highest BCUT2D eigenvalue weighted by atomic mass is 16.5. The fourth-order valence-electron chi connectivity index (χ4n) is 5.41. The van der Waals surface area contributed by atoms with Crippen LogP contribution in [0, 0.1) is 17.3 Å². The van der Waals surface area contributed by atoms with Gasteiger partial charge < -0.3 is 30.8 Å². The number of nitrogens with one attached hydrogen (secondary N) is 4. The average molecular weight is 557 g/mol. The van der Waals surface area contributed by atoms with Crippen LogP contribution in [0.4, 0.5) is 4.79 Å². The van der Waals surface area contributed by atoms with Gasteiger partial charge in [-0.25, -0.2) is 4.79 Å². The van der Waals surface area contributed by atoms with Crippen molar-refractivity contribution < 1.29 is 28.7 Å². The smallest absolute Gasteiger partial charge is 0.408 e. The summed E-state index contributed by atoms with van der Waals surface area (Å²) in [7, 11) is 0. The molecule has 1 aromatic carbocycles. The maximum Gasteiger partial charge on any atom is 0.408 e. The Balaban J connectivity index is 1.68. The lowest BCUT2D eigenvalue weighted by Gasteiger charge is -2.33. The number of hydrogen-bond donors (Lipinski definition) is 4. The van der Waals surface area contributed by atoms with Crippen LogP contribution in [0.2, 0.25) is 0 Å². The third-order valence-corrected chi connectivity index (χ3v) is 7.72. The molecule has 4 atom stereocenters. The Morgan fingerprint density at radius 3 is 2.27 bits per heavy atom. The summed E-state index contributed by atoms with van der Waals surface area (Å²) in [5.74, 6) is -1.16. The molecule has 0 unspecified atom stereocenters. The van der Waals surface area contributed by atoms with Crippen molar-refractivity contribution in [2.24, 2.45) is 17.3 Å². The first-order valence-corrected chi connectivity index (χ1v) is 14.4. The Labute approximate surface area is 236 Å². The van der Waals surface area contributed by atoms with Crippen molar-refractivity contribution in [3.63, 3.8) is 0 Å². The van der Waals surface area contributed by atoms with Gasteiger partial charge in [-0.2, -0.15) is 0 Å². The number of carbonyl (C=O) groups is 5. The van der Waals surface area contributed by atoms with Crippen LogP contribution in [0.3, 0.4) is 0 Å². The van der Waals surface area contributed by atoms with E-state index in [1.54, 1.807) is 0 Å². The van der Waals surface area contributed by atoms with Crippen molar-refractivity contribution >= 4 is 30.1 Å². The van der Waals surface area contributed by atoms with E-state index in [4.69, 9.17) is 4.74 Å². The molecule has 3 rings (SSSR count). The molecular formula is C30H44N4O6. The summed E-state index contributed by atoms with van der Waals surface area (Å²) >= 11 is 0. The lowest BCUT2D eigenvalue weighted by molar-refractivity contribution is -0.132. The molecule has 1 saturated heterocycles. The first kappa shape index (κ1) is 31.1. The molecule has 4 N–H and O–H groups in total. The largest absolute Gasteiger partial charge is 0.445 e. The van der Waals surface area contributed by atoms with Crippen LogP contribution in [0.15, 0.2) is 30.3 Å². The molecule has 220 valence electrons. The third kappa shape index (κ3) is 9.64. The van der Waals surface area contributed by atoms with Crippen molar-refractivity contribution in [2.75, 3.05) is 6.54 Å². The van der Waals surface area contributed by atoms with Crippen LogP contribution in [-0.2, 0) is 30.5 Å². The maximum atomic E-state index is 13.5. The monoisotopic (exact) mass is 556 g/mol. The topological polar surface area (TPSA) is 143 Å². The molecule has 40 heavy (non-hydrogen) atoms. The predicted molar refractivity (Wildman–Crippen MR) is 150 cm³/mol. The molecule has 10 heteroatoms. The van der Waals surface area contributed by atoms with Gasteiger partial charge in [-0.05, 0) is 36.2 Å². The van der Waals surface area contributed by atoms with Gasteiger partial charge >= 0.3 is 6.09 Å². The molecule has 4 amide bonds. The van der Waals surface area contributed by atoms with Crippen LogP contribution in [0.1, 0.15) is 77.7 Å². The number of hydrogen-bond acceptors (Lipinski definition) is 6. The van der Waals surface area contributed by atoms with Crippen molar-refractivity contribution in [1.29, 1.82) is 0 Å². The van der Waals surface area contributed by atoms with E-state index in [0.717, 1.165) is 37.7 Å². The second-order valence-corrected chi connectivity index (χ2v) is 12.1. The van der Waals surface area contributed by atoms with Gasteiger partial charge in [0.25, 0.3) is 0 Å². The van der Waals surface area contributed by atoms with Gasteiger partial charge in [0.05, 0.1) is 6.04 Å². The van der Waals surface area contributed by atoms with E-state index < -0.39 is 41.4 Å². The van der Waals surface area contributed by atoms with Crippen LogP contribution < -0.4 is 21.3 Å². The minimum atomic E-state index is -0.971. The summed E-state index contributed by atoms with van der Waals surface area (Å²) in [6.07, 6.45) is 6.39. The van der Waals surface area contributed by atoms with Crippen LogP contribution in [0.5, 0.6) is 0 Å². The second-order valence-electron chi connectivity index (χ2n) is 12.1. The van der Waals surface area contributed by atoms with Crippen molar-refractivity contribution in [1.82, 2.24) is 21.3 Å². The Morgan fingerprint density at radius 1 is 0.975 bits per heavy atom. The molecule has 0 radical (unpaired) electrons. The van der Waals surface area contributed by atoms with Gasteiger partial charge in [-0.1, -0.05) is 83.2 Å². The number of alkyl carbamates (subject to hydrolysis) is 1. The molecule has 1 heterocycles. The zero-order chi connectivity index (χ0) is 29.1. The maximum absolute atomic E-state index is 13.5. The normalized spacial score (nSPS) is 20.0. The Kier molecular flexibility index (Phi) is 11.5. The first-order valence-electron chi connectivity index (χ1n) is 14.4. The average Bonchev–Trinajstić information content (AvgIpc) is 3.34. The van der Waals surface area contributed by atoms with Gasteiger partial charge in [0.15, 0.2) is 0 Å². The molecule has 1 saturated carbocycles. The fraction of sp³-hybridized carbons (Fsp3) is 0.633. The van der Waals surface area contributed by atoms with Gasteiger partial charge in [-0.3, -0.25) is 14.4 Å². The van der Waals surface area contributed by atoms with E-state index in [9.17, 15) is 24.0 Å². The van der Waals surface area contributed by atoms with Crippen LogP contribution in [0.25, 0.3) is 0 Å². The number of amides is 4. The molecule has 0 bridgehead atoms. The highest BCUT2D eigenvalue weighted by molar-refractivity contribution is 5.92. The number of benzene rings is 1. The Hall–Kier alpha value is -3.43. The lowest BCUT2D eigenvalue weighted by Crippen LogP contribution is -2.59. The van der Waals surface area contributed by atoms with Gasteiger partial charge in [0, 0.05) is 12.5 Å². The summed E-state index contributed by atoms with van der Waals surface area (Å²) in [6, 6.07) is 6.53. The van der Waals surface area contributed by atoms with Crippen LogP contribution in [-0.4, -0.2) is 54.8 Å². The summed E-state index contributed by atoms with van der Waals surface area (Å²) in [4.78, 5) is 63.4. The first-order chi connectivity index (χ1) is 19.1. The molecule has 0 spiro atoms. The second kappa shape index (κ2) is 14.8. The van der Waals surface area contributed by atoms with E-state index >= 15 is 0 Å². The molecule has 1 aliphatic carbocycles. The van der Waals surface area contributed by atoms with Gasteiger partial charge in [-0.15, -0.1) is 0 Å². The summed E-state index contributed by atoms with van der Waals surface area (Å²) < 4.78 is 5.34. The molecular weight excluding hydrogens is 512 g/mol. The van der Waals surface area contributed by atoms with E-state index in [-0.39, 0.29) is 30.8 Å². The Bertz CT molecular complexity index is 1020. The Morgan fingerprint density at radius 2 is 1.68 bits per heavy atom. The summed E-state index contributed by atoms with van der Waals surface area (Å²) in [5, 5.41) is 11.0. The van der Waals surface area contributed by atoms with E-state index in [1.165, 1.54) is 0 Å². The van der Waals surface area contributed by atoms with Crippen LogP contribution >= 0.6 is 0 Å². The third-order valence-electron chi connectivity index (χ3n) is 7.72. The van der Waals surface area contributed by atoms with Crippen molar-refractivity contribution in [3.05, 3.63) is 35.9 Å². The van der Waals surface area contributed by atoms with Gasteiger partial charge in [0.2, 0.25) is 17.7 Å². The minimum Gasteiger partial charge on any atom is -0.445 e. The van der Waals surface area contributed by atoms with Gasteiger partial charge in [0.1, 0.15) is 25.0 Å².